The Morgan fingerprint density at radius 1 is 1.53 bits per heavy atom. The predicted octanol–water partition coefficient (Wildman–Crippen LogP) is 0.939. The SMILES string of the molecule is Cc1cnc(N)nc1NC(C)(C)C(C)O. The molecule has 1 heterocycles. The van der Waals surface area contributed by atoms with Gasteiger partial charge in [0.05, 0.1) is 11.6 Å². The second-order valence-electron chi connectivity index (χ2n) is 4.28. The number of nitrogens with zero attached hydrogens (tertiary/aromatic N) is 2. The highest BCUT2D eigenvalue weighted by atomic mass is 16.3. The number of aliphatic hydroxyl groups is 1. The van der Waals surface area contributed by atoms with Gasteiger partial charge in [0.2, 0.25) is 5.95 Å². The van der Waals surface area contributed by atoms with Gasteiger partial charge in [-0.3, -0.25) is 0 Å². The van der Waals surface area contributed by atoms with Crippen LogP contribution in [0.3, 0.4) is 0 Å². The van der Waals surface area contributed by atoms with E-state index < -0.39 is 11.6 Å². The molecule has 1 aromatic heterocycles. The van der Waals surface area contributed by atoms with E-state index in [4.69, 9.17) is 5.73 Å². The van der Waals surface area contributed by atoms with Crippen LogP contribution in [0.15, 0.2) is 6.20 Å². The van der Waals surface area contributed by atoms with Crippen LogP contribution in [0.5, 0.6) is 0 Å². The van der Waals surface area contributed by atoms with Gasteiger partial charge >= 0.3 is 0 Å². The molecule has 0 aliphatic rings. The number of aromatic nitrogens is 2. The van der Waals surface area contributed by atoms with E-state index in [1.807, 2.05) is 20.8 Å². The molecule has 5 nitrogen and oxygen atoms in total. The maximum atomic E-state index is 9.56. The molecule has 15 heavy (non-hydrogen) atoms. The number of hydrogen-bond donors (Lipinski definition) is 3. The van der Waals surface area contributed by atoms with E-state index in [0.717, 1.165) is 5.56 Å². The molecule has 0 bridgehead atoms. The van der Waals surface area contributed by atoms with Gasteiger partial charge in [0.1, 0.15) is 5.82 Å². The monoisotopic (exact) mass is 210 g/mol. The lowest BCUT2D eigenvalue weighted by Gasteiger charge is -2.30. The molecule has 1 atom stereocenters. The van der Waals surface area contributed by atoms with E-state index in [2.05, 4.69) is 15.3 Å². The van der Waals surface area contributed by atoms with Gasteiger partial charge in [0.15, 0.2) is 0 Å². The molecular formula is C10H18N4O. The first-order valence-electron chi connectivity index (χ1n) is 4.88. The fraction of sp³-hybridized carbons (Fsp3) is 0.600. The second-order valence-corrected chi connectivity index (χ2v) is 4.28. The lowest BCUT2D eigenvalue weighted by atomic mass is 9.98. The summed E-state index contributed by atoms with van der Waals surface area (Å²) < 4.78 is 0. The lowest BCUT2D eigenvalue weighted by Crippen LogP contribution is -2.42. The average molecular weight is 210 g/mol. The summed E-state index contributed by atoms with van der Waals surface area (Å²) in [4.78, 5) is 7.96. The van der Waals surface area contributed by atoms with E-state index in [0.29, 0.717) is 5.82 Å². The fourth-order valence-corrected chi connectivity index (χ4v) is 0.992. The van der Waals surface area contributed by atoms with Gasteiger partial charge in [-0.1, -0.05) is 0 Å². The lowest BCUT2D eigenvalue weighted by molar-refractivity contribution is 0.133. The first-order valence-corrected chi connectivity index (χ1v) is 4.88. The molecule has 0 aliphatic carbocycles. The average Bonchev–Trinajstić information content (AvgIpc) is 2.10. The van der Waals surface area contributed by atoms with Gasteiger partial charge in [0.25, 0.3) is 0 Å². The zero-order valence-corrected chi connectivity index (χ0v) is 9.57. The number of aryl methyl sites for hydroxylation is 1. The van der Waals surface area contributed by atoms with Crippen LogP contribution >= 0.6 is 0 Å². The van der Waals surface area contributed by atoms with Crippen LogP contribution in [0, 0.1) is 6.92 Å². The molecule has 0 aromatic carbocycles. The van der Waals surface area contributed by atoms with Crippen molar-refractivity contribution in [2.75, 3.05) is 11.1 Å². The second kappa shape index (κ2) is 4.02. The molecule has 4 N–H and O–H groups in total. The van der Waals surface area contributed by atoms with E-state index in [-0.39, 0.29) is 5.95 Å². The molecule has 0 saturated heterocycles. The summed E-state index contributed by atoms with van der Waals surface area (Å²) in [7, 11) is 0. The molecule has 1 aromatic rings. The van der Waals surface area contributed by atoms with Crippen molar-refractivity contribution < 1.29 is 5.11 Å². The highest BCUT2D eigenvalue weighted by molar-refractivity contribution is 5.47. The topological polar surface area (TPSA) is 84.1 Å². The third-order valence-corrected chi connectivity index (χ3v) is 2.48. The fourth-order valence-electron chi connectivity index (χ4n) is 0.992. The Kier molecular flexibility index (Phi) is 3.14. The molecule has 84 valence electrons. The standard InChI is InChI=1S/C10H18N4O/c1-6-5-12-9(11)13-8(6)14-10(3,4)7(2)15/h5,7,15H,1-4H3,(H3,11,12,13,14). The quantitative estimate of drug-likeness (QED) is 0.691. The Bertz CT molecular complexity index is 349. The third kappa shape index (κ3) is 2.79. The minimum atomic E-state index is -0.493. The molecule has 0 radical (unpaired) electrons. The van der Waals surface area contributed by atoms with E-state index in [9.17, 15) is 5.11 Å². The number of nitrogens with one attached hydrogen (secondary N) is 1. The summed E-state index contributed by atoms with van der Waals surface area (Å²) in [6, 6.07) is 0. The number of nitrogen functional groups attached to an aromatic ring is 1. The third-order valence-electron chi connectivity index (χ3n) is 2.48. The normalized spacial score (nSPS) is 13.7. The summed E-state index contributed by atoms with van der Waals surface area (Å²) in [5.74, 6) is 0.887. The van der Waals surface area contributed by atoms with Crippen molar-refractivity contribution in [2.45, 2.75) is 39.3 Å². The highest BCUT2D eigenvalue weighted by Gasteiger charge is 2.24. The summed E-state index contributed by atoms with van der Waals surface area (Å²) in [6.45, 7) is 7.41. The Morgan fingerprint density at radius 2 is 2.13 bits per heavy atom. The Balaban J connectivity index is 2.94. The number of hydrogen-bond acceptors (Lipinski definition) is 5. The van der Waals surface area contributed by atoms with Crippen LogP contribution in [0.1, 0.15) is 26.3 Å². The van der Waals surface area contributed by atoms with Gasteiger partial charge in [-0.2, -0.15) is 4.98 Å². The van der Waals surface area contributed by atoms with Crippen molar-refractivity contribution in [3.8, 4) is 0 Å². The molecule has 1 rings (SSSR count). The van der Waals surface area contributed by atoms with E-state index >= 15 is 0 Å². The van der Waals surface area contributed by atoms with E-state index in [1.54, 1.807) is 13.1 Å². The van der Waals surface area contributed by atoms with Crippen molar-refractivity contribution in [2.24, 2.45) is 0 Å². The molecule has 1 unspecified atom stereocenters. The molecule has 0 fully saturated rings. The highest BCUT2D eigenvalue weighted by Crippen LogP contribution is 2.19. The van der Waals surface area contributed by atoms with Crippen LogP contribution in [-0.4, -0.2) is 26.7 Å². The molecule has 0 aliphatic heterocycles. The summed E-state index contributed by atoms with van der Waals surface area (Å²) in [5, 5.41) is 12.7. The van der Waals surface area contributed by atoms with Crippen molar-refractivity contribution in [1.29, 1.82) is 0 Å². The van der Waals surface area contributed by atoms with Crippen molar-refractivity contribution in [3.63, 3.8) is 0 Å². The van der Waals surface area contributed by atoms with Crippen LogP contribution in [-0.2, 0) is 0 Å². The zero-order valence-electron chi connectivity index (χ0n) is 9.57. The number of aliphatic hydroxyl groups excluding tert-OH is 1. The molecule has 0 spiro atoms. The van der Waals surface area contributed by atoms with Gasteiger partial charge in [-0.05, 0) is 27.7 Å². The number of nitrogens with two attached hydrogens (primary N) is 1. The number of rotatable bonds is 3. The Hall–Kier alpha value is -1.36. The molecule has 0 saturated carbocycles. The van der Waals surface area contributed by atoms with Gasteiger partial charge in [-0.25, -0.2) is 4.98 Å². The molecule has 5 heteroatoms. The first-order chi connectivity index (χ1) is 6.83. The van der Waals surface area contributed by atoms with Crippen LogP contribution < -0.4 is 11.1 Å². The number of anilines is 2. The maximum Gasteiger partial charge on any atom is 0.221 e. The van der Waals surface area contributed by atoms with Gasteiger partial charge in [-0.15, -0.1) is 0 Å². The smallest absolute Gasteiger partial charge is 0.221 e. The zero-order chi connectivity index (χ0) is 11.6. The Labute approximate surface area is 89.7 Å². The van der Waals surface area contributed by atoms with Gasteiger partial charge < -0.3 is 16.2 Å². The van der Waals surface area contributed by atoms with Crippen molar-refractivity contribution in [3.05, 3.63) is 11.8 Å². The van der Waals surface area contributed by atoms with Crippen molar-refractivity contribution >= 4 is 11.8 Å². The first kappa shape index (κ1) is 11.7. The summed E-state index contributed by atoms with van der Waals surface area (Å²) >= 11 is 0. The van der Waals surface area contributed by atoms with Crippen LogP contribution in [0.2, 0.25) is 0 Å². The summed E-state index contributed by atoms with van der Waals surface area (Å²) in [6.07, 6.45) is 1.16. The maximum absolute atomic E-state index is 9.56. The summed E-state index contributed by atoms with van der Waals surface area (Å²) in [5.41, 5.74) is 5.95. The van der Waals surface area contributed by atoms with Crippen molar-refractivity contribution in [1.82, 2.24) is 9.97 Å². The largest absolute Gasteiger partial charge is 0.391 e. The Morgan fingerprint density at radius 3 is 2.67 bits per heavy atom. The van der Waals surface area contributed by atoms with Crippen LogP contribution in [0.4, 0.5) is 11.8 Å². The minimum absolute atomic E-state index is 0.226. The van der Waals surface area contributed by atoms with Crippen LogP contribution in [0.25, 0.3) is 0 Å². The van der Waals surface area contributed by atoms with Gasteiger partial charge in [0, 0.05) is 11.8 Å². The molecular weight excluding hydrogens is 192 g/mol. The minimum Gasteiger partial charge on any atom is -0.391 e. The molecule has 0 amide bonds. The predicted molar refractivity (Wildman–Crippen MR) is 60.6 cm³/mol. The van der Waals surface area contributed by atoms with E-state index in [1.165, 1.54) is 0 Å².